The minimum absolute atomic E-state index is 0.0801. The predicted octanol–water partition coefficient (Wildman–Crippen LogP) is 0.704. The summed E-state index contributed by atoms with van der Waals surface area (Å²) in [4.78, 5) is 4.68. The van der Waals surface area contributed by atoms with Crippen molar-refractivity contribution in [1.29, 1.82) is 0 Å². The van der Waals surface area contributed by atoms with Gasteiger partial charge in [-0.3, -0.25) is 0 Å². The van der Waals surface area contributed by atoms with Crippen LogP contribution in [-0.4, -0.2) is 21.2 Å². The average molecular weight is 228 g/mol. The first kappa shape index (κ1) is 11.7. The van der Waals surface area contributed by atoms with Gasteiger partial charge in [0.25, 0.3) is 0 Å². The molecule has 15 heavy (non-hydrogen) atoms. The highest BCUT2D eigenvalue weighted by atomic mass is 32.2. The Morgan fingerprint density at radius 2 is 1.87 bits per heavy atom. The van der Waals surface area contributed by atoms with Crippen LogP contribution in [0.1, 0.15) is 12.5 Å². The van der Waals surface area contributed by atoms with Crippen molar-refractivity contribution in [3.8, 4) is 0 Å². The van der Waals surface area contributed by atoms with Crippen molar-refractivity contribution < 1.29 is 13.3 Å². The molecule has 0 aliphatic rings. The Morgan fingerprint density at radius 3 is 2.27 bits per heavy atom. The maximum absolute atomic E-state index is 11.0. The lowest BCUT2D eigenvalue weighted by Gasteiger charge is -2.01. The fraction of sp³-hybridized carbons (Fsp3) is 0.222. The molecular weight excluding hydrogens is 216 g/mol. The molecule has 0 bridgehead atoms. The van der Waals surface area contributed by atoms with Gasteiger partial charge in [0.1, 0.15) is 7.11 Å². The molecule has 0 amide bonds. The first-order valence-corrected chi connectivity index (χ1v) is 5.71. The van der Waals surface area contributed by atoms with Crippen LogP contribution in [0.5, 0.6) is 0 Å². The number of rotatable bonds is 3. The summed E-state index contributed by atoms with van der Waals surface area (Å²) in [6, 6.07) is 6.11. The molecule has 1 rings (SSSR count). The van der Waals surface area contributed by atoms with E-state index in [0.29, 0.717) is 5.71 Å². The largest absolute Gasteiger partial charge is 0.399 e. The van der Waals surface area contributed by atoms with E-state index in [-0.39, 0.29) is 4.90 Å². The molecule has 0 unspecified atom stereocenters. The number of sulfonamides is 1. The molecule has 0 fully saturated rings. The fourth-order valence-corrected chi connectivity index (χ4v) is 1.59. The zero-order chi connectivity index (χ0) is 11.5. The summed E-state index contributed by atoms with van der Waals surface area (Å²) in [6.07, 6.45) is 0. The van der Waals surface area contributed by atoms with Gasteiger partial charge in [-0.05, 0) is 24.6 Å². The summed E-state index contributed by atoms with van der Waals surface area (Å²) in [6.45, 7) is 1.76. The van der Waals surface area contributed by atoms with Crippen molar-refractivity contribution in [3.63, 3.8) is 0 Å². The van der Waals surface area contributed by atoms with Gasteiger partial charge in [0.05, 0.1) is 10.6 Å². The number of nitrogens with zero attached hydrogens (tertiary/aromatic N) is 1. The molecule has 0 aliphatic carbocycles. The summed E-state index contributed by atoms with van der Waals surface area (Å²) in [7, 11) is -2.18. The molecule has 5 nitrogen and oxygen atoms in total. The Balaban J connectivity index is 3.06. The Kier molecular flexibility index (Phi) is 3.43. The van der Waals surface area contributed by atoms with Crippen LogP contribution in [0.4, 0.5) is 0 Å². The summed E-state index contributed by atoms with van der Waals surface area (Å²) in [5.41, 5.74) is 1.45. The third-order valence-electron chi connectivity index (χ3n) is 1.83. The van der Waals surface area contributed by atoms with Crippen molar-refractivity contribution >= 4 is 15.7 Å². The summed E-state index contributed by atoms with van der Waals surface area (Å²) in [5.74, 6) is 0. The Morgan fingerprint density at radius 1 is 1.33 bits per heavy atom. The molecule has 0 aliphatic heterocycles. The second-order valence-corrected chi connectivity index (χ2v) is 4.49. The highest BCUT2D eigenvalue weighted by molar-refractivity contribution is 7.89. The van der Waals surface area contributed by atoms with E-state index < -0.39 is 10.0 Å². The topological polar surface area (TPSA) is 81.8 Å². The zero-order valence-electron chi connectivity index (χ0n) is 8.47. The van der Waals surface area contributed by atoms with Crippen molar-refractivity contribution in [1.82, 2.24) is 0 Å². The molecule has 0 aromatic heterocycles. The van der Waals surface area contributed by atoms with Crippen LogP contribution in [0.2, 0.25) is 0 Å². The minimum Gasteiger partial charge on any atom is -0.399 e. The quantitative estimate of drug-likeness (QED) is 0.610. The highest BCUT2D eigenvalue weighted by Gasteiger charge is 2.07. The number of hydrogen-bond acceptors (Lipinski definition) is 4. The van der Waals surface area contributed by atoms with Crippen molar-refractivity contribution in [2.45, 2.75) is 11.8 Å². The van der Waals surface area contributed by atoms with Crippen LogP contribution >= 0.6 is 0 Å². The molecule has 82 valence electrons. The predicted molar refractivity (Wildman–Crippen MR) is 57.0 cm³/mol. The van der Waals surface area contributed by atoms with Gasteiger partial charge in [0, 0.05) is 0 Å². The monoisotopic (exact) mass is 228 g/mol. The normalized spacial score (nSPS) is 12.6. The van der Waals surface area contributed by atoms with Crippen LogP contribution in [0.15, 0.2) is 34.3 Å². The van der Waals surface area contributed by atoms with E-state index in [4.69, 9.17) is 5.14 Å². The van der Waals surface area contributed by atoms with Crippen LogP contribution in [0, 0.1) is 0 Å². The number of benzene rings is 1. The summed E-state index contributed by atoms with van der Waals surface area (Å²) in [5, 5.41) is 8.68. The molecule has 0 atom stereocenters. The van der Waals surface area contributed by atoms with Crippen molar-refractivity contribution in [3.05, 3.63) is 29.8 Å². The lowest BCUT2D eigenvalue weighted by molar-refractivity contribution is 0.213. The van der Waals surface area contributed by atoms with E-state index in [1.165, 1.54) is 19.2 Å². The second kappa shape index (κ2) is 4.41. The van der Waals surface area contributed by atoms with Gasteiger partial charge in [-0.25, -0.2) is 13.6 Å². The smallest absolute Gasteiger partial charge is 0.238 e. The molecule has 0 saturated carbocycles. The van der Waals surface area contributed by atoms with E-state index in [1.807, 2.05) is 0 Å². The summed E-state index contributed by atoms with van der Waals surface area (Å²) >= 11 is 0. The van der Waals surface area contributed by atoms with E-state index in [9.17, 15) is 8.42 Å². The molecule has 6 heteroatoms. The van der Waals surface area contributed by atoms with Crippen LogP contribution in [0.3, 0.4) is 0 Å². The molecule has 2 N–H and O–H groups in total. The van der Waals surface area contributed by atoms with E-state index in [1.54, 1.807) is 19.1 Å². The van der Waals surface area contributed by atoms with E-state index in [2.05, 4.69) is 9.99 Å². The molecule has 0 spiro atoms. The van der Waals surface area contributed by atoms with E-state index in [0.717, 1.165) is 5.56 Å². The van der Waals surface area contributed by atoms with Crippen LogP contribution < -0.4 is 5.14 Å². The first-order valence-electron chi connectivity index (χ1n) is 4.16. The third kappa shape index (κ3) is 3.03. The van der Waals surface area contributed by atoms with Gasteiger partial charge < -0.3 is 4.84 Å². The SMILES string of the molecule is CON=C(C)c1ccc(S(N)(=O)=O)cc1. The number of primary sulfonamides is 1. The molecule has 1 aromatic rings. The number of oxime groups is 1. The molecule has 0 saturated heterocycles. The highest BCUT2D eigenvalue weighted by Crippen LogP contribution is 2.09. The van der Waals surface area contributed by atoms with Gasteiger partial charge in [-0.15, -0.1) is 0 Å². The van der Waals surface area contributed by atoms with Gasteiger partial charge in [0.2, 0.25) is 10.0 Å². The van der Waals surface area contributed by atoms with Gasteiger partial charge in [-0.2, -0.15) is 0 Å². The fourth-order valence-electron chi connectivity index (χ4n) is 1.08. The standard InChI is InChI=1S/C9H12N2O3S/c1-7(11-14-2)8-3-5-9(6-4-8)15(10,12)13/h3-6H,1-2H3,(H2,10,12,13). The van der Waals surface area contributed by atoms with E-state index >= 15 is 0 Å². The van der Waals surface area contributed by atoms with Crippen LogP contribution in [0.25, 0.3) is 0 Å². The van der Waals surface area contributed by atoms with Gasteiger partial charge >= 0.3 is 0 Å². The van der Waals surface area contributed by atoms with Crippen molar-refractivity contribution in [2.24, 2.45) is 10.3 Å². The van der Waals surface area contributed by atoms with Gasteiger partial charge in [0.15, 0.2) is 0 Å². The Hall–Kier alpha value is -1.40. The molecule has 1 aromatic carbocycles. The lowest BCUT2D eigenvalue weighted by Crippen LogP contribution is -2.12. The maximum atomic E-state index is 11.0. The minimum atomic E-state index is -3.63. The summed E-state index contributed by atoms with van der Waals surface area (Å²) < 4.78 is 21.9. The molecular formula is C9H12N2O3S. The molecule has 0 heterocycles. The number of nitrogens with two attached hydrogens (primary N) is 1. The van der Waals surface area contributed by atoms with Crippen LogP contribution in [-0.2, 0) is 14.9 Å². The molecule has 0 radical (unpaired) electrons. The second-order valence-electron chi connectivity index (χ2n) is 2.93. The van der Waals surface area contributed by atoms with Crippen molar-refractivity contribution in [2.75, 3.05) is 7.11 Å². The third-order valence-corrected chi connectivity index (χ3v) is 2.76. The van der Waals surface area contributed by atoms with Gasteiger partial charge in [-0.1, -0.05) is 17.3 Å². The Labute approximate surface area is 88.6 Å². The maximum Gasteiger partial charge on any atom is 0.238 e. The average Bonchev–Trinajstić information content (AvgIpc) is 2.17. The number of hydrogen-bond donors (Lipinski definition) is 1. The first-order chi connectivity index (χ1) is 6.95. The Bertz CT molecular complexity index is 463. The zero-order valence-corrected chi connectivity index (χ0v) is 9.28. The lowest BCUT2D eigenvalue weighted by atomic mass is 10.1.